The van der Waals surface area contributed by atoms with Crippen LogP contribution in [0.4, 0.5) is 0 Å². The van der Waals surface area contributed by atoms with Gasteiger partial charge in [-0.3, -0.25) is 14.4 Å². The molecule has 5 rings (SSSR count). The summed E-state index contributed by atoms with van der Waals surface area (Å²) in [7, 11) is 0. The number of thiophene rings is 1. The Morgan fingerprint density at radius 2 is 1.58 bits per heavy atom. The zero-order valence-electron chi connectivity index (χ0n) is 29.7. The van der Waals surface area contributed by atoms with Gasteiger partial charge in [0.05, 0.1) is 17.4 Å². The highest BCUT2D eigenvalue weighted by Crippen LogP contribution is 2.32. The second-order valence-corrected chi connectivity index (χ2v) is 15.4. The number of aliphatic carboxylic acids is 1. The number of nitrogens with zero attached hydrogens (tertiary/aromatic N) is 3. The van der Waals surface area contributed by atoms with Gasteiger partial charge >= 0.3 is 5.97 Å². The molecule has 0 spiro atoms. The summed E-state index contributed by atoms with van der Waals surface area (Å²) < 4.78 is 5.90. The van der Waals surface area contributed by atoms with Gasteiger partial charge in [0.25, 0.3) is 0 Å². The number of amides is 1. The van der Waals surface area contributed by atoms with E-state index in [4.69, 9.17) is 4.74 Å². The van der Waals surface area contributed by atoms with Crippen LogP contribution in [0.2, 0.25) is 0 Å². The van der Waals surface area contributed by atoms with Gasteiger partial charge < -0.3 is 14.7 Å². The Kier molecular flexibility index (Phi) is 12.6. The standard InChI is InChI=1S/C41H49N3O5S/c1-5-6-7-8-9-22-49-34-16-14-29(15-17-34)33-25-42-38(43-26-33)30-12-10-28(11-13-30)23-32(39(46)44-21-20-31(27-44)40(47)48)24-35(45)36-18-19-37(50-36)41(2,3)4/h10-19,25-26,31-32H,5-9,20-24,27H2,1-4H3,(H,47,48)/t31-,32-/m1/s1. The molecule has 2 aromatic heterocycles. The van der Waals surface area contributed by atoms with Crippen molar-refractivity contribution in [2.45, 2.75) is 84.5 Å². The van der Waals surface area contributed by atoms with Crippen LogP contribution in [-0.2, 0) is 21.4 Å². The first-order chi connectivity index (χ1) is 24.0. The van der Waals surface area contributed by atoms with E-state index < -0.39 is 17.8 Å². The normalized spacial score (nSPS) is 15.2. The Morgan fingerprint density at radius 1 is 0.900 bits per heavy atom. The van der Waals surface area contributed by atoms with Gasteiger partial charge in [0.2, 0.25) is 5.91 Å². The lowest BCUT2D eigenvalue weighted by atomic mass is 9.92. The minimum atomic E-state index is -0.890. The van der Waals surface area contributed by atoms with E-state index in [1.54, 1.807) is 4.90 Å². The molecule has 50 heavy (non-hydrogen) atoms. The molecule has 1 fully saturated rings. The second-order valence-electron chi connectivity index (χ2n) is 14.3. The molecule has 0 bridgehead atoms. The number of carbonyl (C=O) groups is 3. The number of benzene rings is 2. The topological polar surface area (TPSA) is 110 Å². The van der Waals surface area contributed by atoms with E-state index in [0.29, 0.717) is 30.1 Å². The van der Waals surface area contributed by atoms with E-state index >= 15 is 0 Å². The predicted molar refractivity (Wildman–Crippen MR) is 199 cm³/mol. The maximum atomic E-state index is 13.8. The first-order valence-electron chi connectivity index (χ1n) is 17.8. The molecule has 0 aliphatic carbocycles. The summed E-state index contributed by atoms with van der Waals surface area (Å²) in [5.74, 6) is -0.840. The number of aromatic nitrogens is 2. The molecule has 1 aliphatic heterocycles. The summed E-state index contributed by atoms with van der Waals surface area (Å²) in [6.07, 6.45) is 10.5. The predicted octanol–water partition coefficient (Wildman–Crippen LogP) is 8.88. The lowest BCUT2D eigenvalue weighted by Gasteiger charge is -2.23. The van der Waals surface area contributed by atoms with Crippen LogP contribution in [0.3, 0.4) is 0 Å². The van der Waals surface area contributed by atoms with Crippen molar-refractivity contribution < 1.29 is 24.2 Å². The number of hydrogen-bond donors (Lipinski definition) is 1. The van der Waals surface area contributed by atoms with Crippen LogP contribution in [0.5, 0.6) is 5.75 Å². The number of carboxylic acid groups (broad SMARTS) is 1. The van der Waals surface area contributed by atoms with Gasteiger partial charge in [-0.25, -0.2) is 9.97 Å². The number of unbranched alkanes of at least 4 members (excludes halogenated alkanes) is 4. The maximum absolute atomic E-state index is 13.8. The van der Waals surface area contributed by atoms with E-state index in [-0.39, 0.29) is 30.1 Å². The highest BCUT2D eigenvalue weighted by molar-refractivity contribution is 7.14. The fourth-order valence-corrected chi connectivity index (χ4v) is 7.23. The Morgan fingerprint density at radius 3 is 2.20 bits per heavy atom. The molecule has 264 valence electrons. The number of Topliss-reactive ketones (excluding diaryl/α,β-unsaturated/α-hetero) is 1. The van der Waals surface area contributed by atoms with Crippen LogP contribution in [0, 0.1) is 11.8 Å². The molecular weight excluding hydrogens is 647 g/mol. The fourth-order valence-electron chi connectivity index (χ4n) is 6.22. The summed E-state index contributed by atoms with van der Waals surface area (Å²) >= 11 is 1.48. The zero-order valence-corrected chi connectivity index (χ0v) is 30.5. The molecule has 2 atom stereocenters. The lowest BCUT2D eigenvalue weighted by Crippen LogP contribution is -2.37. The minimum Gasteiger partial charge on any atom is -0.494 e. The van der Waals surface area contributed by atoms with E-state index in [1.807, 2.05) is 73.1 Å². The highest BCUT2D eigenvalue weighted by Gasteiger charge is 2.35. The average Bonchev–Trinajstić information content (AvgIpc) is 3.82. The van der Waals surface area contributed by atoms with Crippen molar-refractivity contribution in [2.24, 2.45) is 11.8 Å². The molecule has 1 aliphatic rings. The number of ketones is 1. The SMILES string of the molecule is CCCCCCCOc1ccc(-c2cnc(-c3ccc(C[C@H](CC(=O)c4ccc(C(C)(C)C)s4)C(=O)N4CC[C@@H](C(=O)O)C4)cc3)nc2)cc1. The van der Waals surface area contributed by atoms with Gasteiger partial charge in [-0.1, -0.05) is 89.8 Å². The van der Waals surface area contributed by atoms with Crippen molar-refractivity contribution >= 4 is 29.0 Å². The fraction of sp³-hybridized carbons (Fsp3) is 0.439. The monoisotopic (exact) mass is 695 g/mol. The van der Waals surface area contributed by atoms with Gasteiger partial charge in [-0.05, 0) is 60.1 Å². The largest absolute Gasteiger partial charge is 0.494 e. The number of carbonyl (C=O) groups excluding carboxylic acids is 2. The first kappa shape index (κ1) is 36.9. The van der Waals surface area contributed by atoms with Gasteiger partial charge in [0.1, 0.15) is 5.75 Å². The zero-order chi connectivity index (χ0) is 35.7. The van der Waals surface area contributed by atoms with Gasteiger partial charge in [-0.15, -0.1) is 11.3 Å². The molecule has 4 aromatic rings. The van der Waals surface area contributed by atoms with Crippen LogP contribution in [0.15, 0.2) is 73.1 Å². The smallest absolute Gasteiger partial charge is 0.308 e. The number of hydrogen-bond acceptors (Lipinski definition) is 7. The van der Waals surface area contributed by atoms with Crippen molar-refractivity contribution in [3.05, 3.63) is 88.4 Å². The molecule has 0 saturated carbocycles. The summed E-state index contributed by atoms with van der Waals surface area (Å²) in [5, 5.41) is 9.50. The van der Waals surface area contributed by atoms with Crippen LogP contribution in [-0.4, -0.2) is 57.3 Å². The Labute approximate surface area is 299 Å². The summed E-state index contributed by atoms with van der Waals surface area (Å²) in [6.45, 7) is 9.84. The molecule has 1 saturated heterocycles. The summed E-state index contributed by atoms with van der Waals surface area (Å²) in [4.78, 5) is 51.4. The third kappa shape index (κ3) is 9.87. The lowest BCUT2D eigenvalue weighted by molar-refractivity contribution is -0.141. The van der Waals surface area contributed by atoms with Crippen LogP contribution in [0.1, 0.15) is 92.8 Å². The van der Waals surface area contributed by atoms with Gasteiger partial charge in [0, 0.05) is 53.8 Å². The van der Waals surface area contributed by atoms with Crippen LogP contribution in [0.25, 0.3) is 22.5 Å². The van der Waals surface area contributed by atoms with Crippen LogP contribution < -0.4 is 4.74 Å². The Bertz CT molecular complexity index is 1730. The van der Waals surface area contributed by atoms with E-state index in [0.717, 1.165) is 45.9 Å². The number of rotatable bonds is 16. The molecule has 3 heterocycles. The third-order valence-corrected chi connectivity index (χ3v) is 10.9. The molecule has 9 heteroatoms. The first-order valence-corrected chi connectivity index (χ1v) is 18.6. The minimum absolute atomic E-state index is 0.0651. The molecule has 0 radical (unpaired) electrons. The second kappa shape index (κ2) is 17.0. The Hall–Kier alpha value is -4.37. The molecule has 1 amide bonds. The van der Waals surface area contributed by atoms with Crippen molar-refractivity contribution in [3.8, 4) is 28.3 Å². The highest BCUT2D eigenvalue weighted by atomic mass is 32.1. The van der Waals surface area contributed by atoms with Gasteiger partial charge in [0.15, 0.2) is 11.6 Å². The molecule has 0 unspecified atom stereocenters. The van der Waals surface area contributed by atoms with Gasteiger partial charge in [-0.2, -0.15) is 0 Å². The van der Waals surface area contributed by atoms with E-state index in [2.05, 4.69) is 37.7 Å². The summed E-state index contributed by atoms with van der Waals surface area (Å²) in [6, 6.07) is 19.6. The van der Waals surface area contributed by atoms with Crippen molar-refractivity contribution in [1.82, 2.24) is 14.9 Å². The molecule has 1 N–H and O–H groups in total. The summed E-state index contributed by atoms with van der Waals surface area (Å²) in [5.41, 5.74) is 3.61. The molecule has 8 nitrogen and oxygen atoms in total. The molecule has 2 aromatic carbocycles. The van der Waals surface area contributed by atoms with Crippen molar-refractivity contribution in [1.29, 1.82) is 0 Å². The number of likely N-dealkylation sites (tertiary alicyclic amines) is 1. The van der Waals surface area contributed by atoms with Crippen LogP contribution >= 0.6 is 11.3 Å². The van der Waals surface area contributed by atoms with E-state index in [1.165, 1.54) is 37.0 Å². The Balaban J connectivity index is 1.23. The average molecular weight is 696 g/mol. The molecular formula is C41H49N3O5S. The van der Waals surface area contributed by atoms with Crippen molar-refractivity contribution in [2.75, 3.05) is 19.7 Å². The quantitative estimate of drug-likeness (QED) is 0.0921. The number of carboxylic acids is 1. The third-order valence-electron chi connectivity index (χ3n) is 9.30. The van der Waals surface area contributed by atoms with Crippen molar-refractivity contribution in [3.63, 3.8) is 0 Å². The number of ether oxygens (including phenoxy) is 1. The maximum Gasteiger partial charge on any atom is 0.308 e. The van der Waals surface area contributed by atoms with E-state index in [9.17, 15) is 19.5 Å².